The molecule has 0 saturated carbocycles. The van der Waals surface area contributed by atoms with Crippen molar-refractivity contribution in [3.63, 3.8) is 0 Å². The van der Waals surface area contributed by atoms with Crippen LogP contribution in [0.25, 0.3) is 81.1 Å². The zero-order valence-electron chi connectivity index (χ0n) is 31.0. The molecule has 0 aliphatic heterocycles. The molecule has 0 N–H and O–H groups in total. The van der Waals surface area contributed by atoms with Crippen molar-refractivity contribution in [2.45, 2.75) is 19.3 Å². The van der Waals surface area contributed by atoms with E-state index in [1.54, 1.807) is 11.3 Å². The second-order valence-corrected chi connectivity index (χ2v) is 16.6. The number of aromatic nitrogens is 2. The van der Waals surface area contributed by atoms with E-state index in [1.165, 1.54) is 76.2 Å². The fraction of sp³-hybridized carbons (Fsp3) is 0.0577. The maximum Gasteiger partial charge on any atom is 0.124 e. The molecule has 0 amide bonds. The molecule has 8 aromatic carbocycles. The Morgan fingerprint density at radius 2 is 1.16 bits per heavy atom. The van der Waals surface area contributed by atoms with Gasteiger partial charge in [0.2, 0.25) is 0 Å². The predicted molar refractivity (Wildman–Crippen MR) is 237 cm³/mol. The van der Waals surface area contributed by atoms with Gasteiger partial charge in [-0.1, -0.05) is 135 Å². The van der Waals surface area contributed by atoms with Crippen molar-refractivity contribution >= 4 is 76.7 Å². The van der Waals surface area contributed by atoms with Crippen molar-refractivity contribution in [3.8, 4) is 32.8 Å². The Bertz CT molecular complexity index is 3340. The van der Waals surface area contributed by atoms with Crippen LogP contribution in [-0.4, -0.2) is 9.38 Å². The first-order valence-electron chi connectivity index (χ1n) is 19.3. The highest BCUT2D eigenvalue weighted by Crippen LogP contribution is 2.52. The summed E-state index contributed by atoms with van der Waals surface area (Å²) in [6.07, 6.45) is 0. The van der Waals surface area contributed by atoms with E-state index >= 15 is 0 Å². The third kappa shape index (κ3) is 4.42. The van der Waals surface area contributed by atoms with Gasteiger partial charge in [-0.15, -0.1) is 11.3 Å². The van der Waals surface area contributed by atoms with E-state index in [0.29, 0.717) is 0 Å². The monoisotopic (exact) mass is 733 g/mol. The Morgan fingerprint density at radius 3 is 2.02 bits per heavy atom. The highest BCUT2D eigenvalue weighted by atomic mass is 32.1. The summed E-state index contributed by atoms with van der Waals surface area (Å²) in [5.74, 6) is 0. The predicted octanol–water partition coefficient (Wildman–Crippen LogP) is 14.6. The molecule has 0 radical (unpaired) electrons. The molecule has 12 rings (SSSR count). The number of thiazole rings is 1. The second-order valence-electron chi connectivity index (χ2n) is 15.6. The van der Waals surface area contributed by atoms with Crippen molar-refractivity contribution in [1.29, 1.82) is 0 Å². The van der Waals surface area contributed by atoms with Crippen molar-refractivity contribution in [2.24, 2.45) is 0 Å². The molecule has 56 heavy (non-hydrogen) atoms. The highest BCUT2D eigenvalue weighted by Gasteiger charge is 2.36. The third-order valence-corrected chi connectivity index (χ3v) is 13.3. The number of para-hydroxylation sites is 1. The lowest BCUT2D eigenvalue weighted by Gasteiger charge is -2.28. The molecule has 1 aliphatic rings. The van der Waals surface area contributed by atoms with Gasteiger partial charge in [0.25, 0.3) is 0 Å². The average Bonchev–Trinajstić information content (AvgIpc) is 3.98. The van der Waals surface area contributed by atoms with Crippen LogP contribution in [0.3, 0.4) is 0 Å². The Labute approximate surface area is 328 Å². The summed E-state index contributed by atoms with van der Waals surface area (Å²) in [5, 5.41) is 6.06. The van der Waals surface area contributed by atoms with Crippen LogP contribution in [0.4, 0.5) is 17.1 Å². The molecule has 0 saturated heterocycles. The summed E-state index contributed by atoms with van der Waals surface area (Å²) < 4.78 is 3.71. The lowest BCUT2D eigenvalue weighted by Crippen LogP contribution is -2.16. The topological polar surface area (TPSA) is 20.5 Å². The Hall–Kier alpha value is -6.75. The highest BCUT2D eigenvalue weighted by molar-refractivity contribution is 7.22. The van der Waals surface area contributed by atoms with Gasteiger partial charge in [-0.3, -0.25) is 0 Å². The first-order chi connectivity index (χ1) is 27.5. The van der Waals surface area contributed by atoms with Crippen molar-refractivity contribution in [3.05, 3.63) is 187 Å². The van der Waals surface area contributed by atoms with Gasteiger partial charge in [0, 0.05) is 49.6 Å². The standard InChI is InChI=1S/C52H35N3S/c1-52(2)43-22-11-9-20-38(43)39-26-24-37(30-44(39)52)54(35-19-13-18-34(28-35)32-14-5-3-6-15-32)36-25-27-47-42(29-36)48-49-41(40-21-10-12-23-46(40)55(47)49)31-45-50(48)56-51(53-45)33-16-7-4-8-17-33/h3-31H,1-2H3. The summed E-state index contributed by atoms with van der Waals surface area (Å²) in [6.45, 7) is 4.72. The van der Waals surface area contributed by atoms with Crippen LogP contribution in [0.15, 0.2) is 176 Å². The number of nitrogens with zero attached hydrogens (tertiary/aromatic N) is 3. The van der Waals surface area contributed by atoms with E-state index in [4.69, 9.17) is 4.98 Å². The van der Waals surface area contributed by atoms with Gasteiger partial charge in [0.15, 0.2) is 0 Å². The van der Waals surface area contributed by atoms with E-state index in [0.717, 1.165) is 33.1 Å². The minimum absolute atomic E-state index is 0.119. The van der Waals surface area contributed by atoms with E-state index in [-0.39, 0.29) is 5.41 Å². The van der Waals surface area contributed by atoms with E-state index in [9.17, 15) is 0 Å². The number of benzene rings is 8. The van der Waals surface area contributed by atoms with Crippen LogP contribution < -0.4 is 4.90 Å². The molecule has 3 heterocycles. The molecule has 0 bridgehead atoms. The van der Waals surface area contributed by atoms with Gasteiger partial charge in [-0.25, -0.2) is 4.98 Å². The van der Waals surface area contributed by atoms with Gasteiger partial charge in [0.1, 0.15) is 5.01 Å². The molecular weight excluding hydrogens is 699 g/mol. The number of fused-ring (bicyclic) bond motifs is 11. The number of hydrogen-bond donors (Lipinski definition) is 0. The molecule has 0 unspecified atom stereocenters. The molecule has 3 nitrogen and oxygen atoms in total. The van der Waals surface area contributed by atoms with Crippen LogP contribution in [-0.2, 0) is 5.41 Å². The average molecular weight is 734 g/mol. The molecule has 0 atom stereocenters. The zero-order chi connectivity index (χ0) is 37.1. The molecule has 0 spiro atoms. The molecule has 11 aromatic rings. The van der Waals surface area contributed by atoms with Gasteiger partial charge >= 0.3 is 0 Å². The quantitative estimate of drug-likeness (QED) is 0.176. The van der Waals surface area contributed by atoms with Gasteiger partial charge < -0.3 is 9.30 Å². The Morgan fingerprint density at radius 1 is 0.500 bits per heavy atom. The number of rotatable bonds is 5. The molecule has 4 heteroatoms. The van der Waals surface area contributed by atoms with Gasteiger partial charge in [0.05, 0.1) is 26.8 Å². The Balaban J connectivity index is 1.14. The molecule has 1 aliphatic carbocycles. The first kappa shape index (κ1) is 31.6. The normalized spacial score (nSPS) is 13.3. The largest absolute Gasteiger partial charge is 0.310 e. The lowest BCUT2D eigenvalue weighted by molar-refractivity contribution is 0.660. The molecular formula is C52H35N3S. The van der Waals surface area contributed by atoms with Crippen LogP contribution in [0, 0.1) is 0 Å². The maximum absolute atomic E-state index is 5.28. The van der Waals surface area contributed by atoms with Crippen LogP contribution >= 0.6 is 11.3 Å². The first-order valence-corrected chi connectivity index (χ1v) is 20.1. The fourth-order valence-corrected chi connectivity index (χ4v) is 10.6. The third-order valence-electron chi connectivity index (χ3n) is 12.1. The van der Waals surface area contributed by atoms with Crippen LogP contribution in [0.1, 0.15) is 25.0 Å². The summed E-state index contributed by atoms with van der Waals surface area (Å²) in [4.78, 5) is 7.73. The van der Waals surface area contributed by atoms with E-state index in [2.05, 4.69) is 199 Å². The van der Waals surface area contributed by atoms with E-state index < -0.39 is 0 Å². The van der Waals surface area contributed by atoms with Crippen molar-refractivity contribution < 1.29 is 0 Å². The SMILES string of the molecule is CC1(C)c2ccccc2-c2ccc(N(c3cccc(-c4ccccc4)c3)c3ccc4c(c3)c3c5sc(-c6ccccc6)nc5cc5c6ccccc6n4c53)cc21. The molecule has 0 fully saturated rings. The zero-order valence-corrected chi connectivity index (χ0v) is 31.8. The summed E-state index contributed by atoms with van der Waals surface area (Å²) in [6, 6.07) is 64.4. The lowest BCUT2D eigenvalue weighted by atomic mass is 9.82. The number of hydrogen-bond acceptors (Lipinski definition) is 3. The van der Waals surface area contributed by atoms with Gasteiger partial charge in [-0.2, -0.15) is 0 Å². The van der Waals surface area contributed by atoms with Crippen molar-refractivity contribution in [2.75, 3.05) is 4.90 Å². The smallest absolute Gasteiger partial charge is 0.124 e. The van der Waals surface area contributed by atoms with Crippen molar-refractivity contribution in [1.82, 2.24) is 9.38 Å². The second kappa shape index (κ2) is 11.6. The molecule has 3 aromatic heterocycles. The van der Waals surface area contributed by atoms with Crippen LogP contribution in [0.2, 0.25) is 0 Å². The van der Waals surface area contributed by atoms with Gasteiger partial charge in [-0.05, 0) is 88.0 Å². The summed E-state index contributed by atoms with van der Waals surface area (Å²) in [7, 11) is 0. The summed E-state index contributed by atoms with van der Waals surface area (Å²) in [5.41, 5.74) is 16.9. The molecule has 264 valence electrons. The summed E-state index contributed by atoms with van der Waals surface area (Å²) >= 11 is 1.80. The van der Waals surface area contributed by atoms with E-state index in [1.807, 2.05) is 0 Å². The maximum atomic E-state index is 5.28. The fourth-order valence-electron chi connectivity index (χ4n) is 9.51. The Kier molecular flexibility index (Phi) is 6.56. The minimum Gasteiger partial charge on any atom is -0.310 e. The minimum atomic E-state index is -0.119. The van der Waals surface area contributed by atoms with Crippen LogP contribution in [0.5, 0.6) is 0 Å². The number of anilines is 3.